The van der Waals surface area contributed by atoms with Crippen molar-refractivity contribution in [2.45, 2.75) is 32.1 Å². The predicted octanol–water partition coefficient (Wildman–Crippen LogP) is 1.57. The van der Waals surface area contributed by atoms with Gasteiger partial charge in [0.1, 0.15) is 11.5 Å². The first-order valence-corrected chi connectivity index (χ1v) is 7.40. The summed E-state index contributed by atoms with van der Waals surface area (Å²) in [6, 6.07) is 3.26. The predicted molar refractivity (Wildman–Crippen MR) is 73.0 cm³/mol. The molecule has 0 aliphatic rings. The Labute approximate surface area is 114 Å². The SMILES string of the molecule is COc1cc(C)c(S(=O)(=O)NCCC(C)=O)cc1C. The molecular weight excluding hydrogens is 266 g/mol. The number of aryl methyl sites for hydroxylation is 2. The number of benzene rings is 1. The Bertz CT molecular complexity index is 579. The first-order valence-electron chi connectivity index (χ1n) is 5.92. The van der Waals surface area contributed by atoms with Crippen LogP contribution >= 0.6 is 0 Å². The quantitative estimate of drug-likeness (QED) is 0.861. The van der Waals surface area contributed by atoms with Crippen molar-refractivity contribution in [3.05, 3.63) is 23.3 Å². The average Bonchev–Trinajstić information content (AvgIpc) is 2.30. The zero-order chi connectivity index (χ0) is 14.6. The average molecular weight is 285 g/mol. The number of hydrogen-bond donors (Lipinski definition) is 1. The van der Waals surface area contributed by atoms with E-state index in [-0.39, 0.29) is 23.6 Å². The lowest BCUT2D eigenvalue weighted by atomic mass is 10.1. The minimum Gasteiger partial charge on any atom is -0.496 e. The van der Waals surface area contributed by atoms with Crippen molar-refractivity contribution in [3.8, 4) is 5.75 Å². The molecule has 1 aromatic carbocycles. The van der Waals surface area contributed by atoms with Crippen LogP contribution in [0, 0.1) is 13.8 Å². The molecule has 0 aliphatic heterocycles. The molecular formula is C13H19NO4S. The van der Waals surface area contributed by atoms with E-state index in [4.69, 9.17) is 4.74 Å². The van der Waals surface area contributed by atoms with Crippen LogP contribution in [0.1, 0.15) is 24.5 Å². The van der Waals surface area contributed by atoms with Crippen LogP contribution < -0.4 is 9.46 Å². The summed E-state index contributed by atoms with van der Waals surface area (Å²) in [5.41, 5.74) is 1.36. The van der Waals surface area contributed by atoms with Crippen LogP contribution in [-0.2, 0) is 14.8 Å². The number of carbonyl (C=O) groups is 1. The van der Waals surface area contributed by atoms with Crippen LogP contribution in [0.5, 0.6) is 5.75 Å². The lowest BCUT2D eigenvalue weighted by Crippen LogP contribution is -2.26. The van der Waals surface area contributed by atoms with E-state index >= 15 is 0 Å². The Hall–Kier alpha value is -1.40. The van der Waals surface area contributed by atoms with Gasteiger partial charge in [0.05, 0.1) is 12.0 Å². The van der Waals surface area contributed by atoms with Gasteiger partial charge in [0.25, 0.3) is 0 Å². The van der Waals surface area contributed by atoms with Gasteiger partial charge in [0, 0.05) is 13.0 Å². The summed E-state index contributed by atoms with van der Waals surface area (Å²) in [5, 5.41) is 0. The van der Waals surface area contributed by atoms with E-state index in [2.05, 4.69) is 4.72 Å². The fourth-order valence-corrected chi connectivity index (χ4v) is 3.05. The number of ether oxygens (including phenoxy) is 1. The molecule has 0 aliphatic carbocycles. The van der Waals surface area contributed by atoms with Gasteiger partial charge in [-0.2, -0.15) is 0 Å². The zero-order valence-electron chi connectivity index (χ0n) is 11.6. The molecule has 0 fully saturated rings. The molecule has 0 aromatic heterocycles. The molecule has 0 unspecified atom stereocenters. The van der Waals surface area contributed by atoms with Gasteiger partial charge in [-0.25, -0.2) is 13.1 Å². The van der Waals surface area contributed by atoms with Crippen LogP contribution in [0.4, 0.5) is 0 Å². The first kappa shape index (κ1) is 15.7. The number of sulfonamides is 1. The number of carbonyl (C=O) groups excluding carboxylic acids is 1. The molecule has 19 heavy (non-hydrogen) atoms. The largest absolute Gasteiger partial charge is 0.496 e. The van der Waals surface area contributed by atoms with Gasteiger partial charge in [-0.1, -0.05) is 0 Å². The summed E-state index contributed by atoms with van der Waals surface area (Å²) in [6.45, 7) is 5.04. The summed E-state index contributed by atoms with van der Waals surface area (Å²) in [7, 11) is -2.05. The molecule has 1 rings (SSSR count). The second-order valence-electron chi connectivity index (χ2n) is 4.44. The molecule has 0 heterocycles. The van der Waals surface area contributed by atoms with E-state index in [1.807, 2.05) is 0 Å². The Morgan fingerprint density at radius 1 is 1.26 bits per heavy atom. The molecule has 1 N–H and O–H groups in total. The lowest BCUT2D eigenvalue weighted by Gasteiger charge is -2.12. The third-order valence-electron chi connectivity index (χ3n) is 2.75. The Morgan fingerprint density at radius 2 is 1.89 bits per heavy atom. The fraction of sp³-hybridized carbons (Fsp3) is 0.462. The van der Waals surface area contributed by atoms with E-state index in [1.54, 1.807) is 33.1 Å². The standard InChI is InChI=1S/C13H19NO4S/c1-9-8-13(10(2)7-12(9)18-4)19(16,17)14-6-5-11(3)15/h7-8,14H,5-6H2,1-4H3. The van der Waals surface area contributed by atoms with E-state index in [9.17, 15) is 13.2 Å². The van der Waals surface area contributed by atoms with Gasteiger partial charge in [-0.15, -0.1) is 0 Å². The normalized spacial score (nSPS) is 11.4. The number of methoxy groups -OCH3 is 1. The van der Waals surface area contributed by atoms with Crippen LogP contribution in [0.2, 0.25) is 0 Å². The van der Waals surface area contributed by atoms with E-state index in [0.717, 1.165) is 5.56 Å². The minimum atomic E-state index is -3.59. The maximum atomic E-state index is 12.1. The van der Waals surface area contributed by atoms with Crippen molar-refractivity contribution in [3.63, 3.8) is 0 Å². The van der Waals surface area contributed by atoms with Crippen LogP contribution in [-0.4, -0.2) is 27.9 Å². The van der Waals surface area contributed by atoms with Crippen molar-refractivity contribution in [1.29, 1.82) is 0 Å². The fourth-order valence-electron chi connectivity index (χ4n) is 1.71. The highest BCUT2D eigenvalue weighted by Gasteiger charge is 2.18. The smallest absolute Gasteiger partial charge is 0.240 e. The summed E-state index contributed by atoms with van der Waals surface area (Å²) in [5.74, 6) is 0.602. The Morgan fingerprint density at radius 3 is 2.42 bits per heavy atom. The molecule has 0 saturated heterocycles. The molecule has 0 spiro atoms. The second-order valence-corrected chi connectivity index (χ2v) is 6.17. The topological polar surface area (TPSA) is 72.5 Å². The van der Waals surface area contributed by atoms with Crippen LogP contribution in [0.3, 0.4) is 0 Å². The van der Waals surface area contributed by atoms with Gasteiger partial charge in [-0.05, 0) is 44.0 Å². The van der Waals surface area contributed by atoms with Gasteiger partial charge in [-0.3, -0.25) is 4.79 Å². The van der Waals surface area contributed by atoms with Gasteiger partial charge >= 0.3 is 0 Å². The molecule has 5 nitrogen and oxygen atoms in total. The molecule has 0 radical (unpaired) electrons. The lowest BCUT2D eigenvalue weighted by molar-refractivity contribution is -0.116. The van der Waals surface area contributed by atoms with Crippen molar-refractivity contribution in [2.75, 3.05) is 13.7 Å². The van der Waals surface area contributed by atoms with Crippen molar-refractivity contribution < 1.29 is 17.9 Å². The third kappa shape index (κ3) is 4.04. The number of rotatable bonds is 6. The second kappa shape index (κ2) is 6.16. The summed E-state index contributed by atoms with van der Waals surface area (Å²) < 4.78 is 31.8. The zero-order valence-corrected chi connectivity index (χ0v) is 12.4. The third-order valence-corrected chi connectivity index (χ3v) is 4.35. The molecule has 0 saturated carbocycles. The van der Waals surface area contributed by atoms with Gasteiger partial charge in [0.15, 0.2) is 0 Å². The van der Waals surface area contributed by atoms with E-state index in [0.29, 0.717) is 11.3 Å². The van der Waals surface area contributed by atoms with E-state index < -0.39 is 10.0 Å². The molecule has 6 heteroatoms. The molecule has 0 atom stereocenters. The van der Waals surface area contributed by atoms with Crippen LogP contribution in [0.15, 0.2) is 17.0 Å². The highest BCUT2D eigenvalue weighted by Crippen LogP contribution is 2.25. The van der Waals surface area contributed by atoms with Crippen molar-refractivity contribution >= 4 is 15.8 Å². The maximum Gasteiger partial charge on any atom is 0.240 e. The molecule has 1 aromatic rings. The molecule has 106 valence electrons. The van der Waals surface area contributed by atoms with Gasteiger partial charge < -0.3 is 4.74 Å². The Balaban J connectivity index is 3.01. The Kier molecular flexibility index (Phi) is 5.08. The van der Waals surface area contributed by atoms with Crippen LogP contribution in [0.25, 0.3) is 0 Å². The van der Waals surface area contributed by atoms with Crippen molar-refractivity contribution in [1.82, 2.24) is 4.72 Å². The summed E-state index contributed by atoms with van der Waals surface area (Å²) in [4.78, 5) is 11.0. The minimum absolute atomic E-state index is 0.0506. The van der Waals surface area contributed by atoms with Gasteiger partial charge in [0.2, 0.25) is 10.0 Å². The molecule has 0 bridgehead atoms. The number of Topliss-reactive ketones (excluding diaryl/α,β-unsaturated/α-hetero) is 1. The van der Waals surface area contributed by atoms with Crippen molar-refractivity contribution in [2.24, 2.45) is 0 Å². The summed E-state index contributed by atoms with van der Waals surface area (Å²) in [6.07, 6.45) is 0.188. The number of ketones is 1. The number of nitrogens with one attached hydrogen (secondary N) is 1. The monoisotopic (exact) mass is 285 g/mol. The highest BCUT2D eigenvalue weighted by atomic mass is 32.2. The number of hydrogen-bond acceptors (Lipinski definition) is 4. The maximum absolute atomic E-state index is 12.1. The summed E-state index contributed by atoms with van der Waals surface area (Å²) >= 11 is 0. The van der Waals surface area contributed by atoms with E-state index in [1.165, 1.54) is 6.92 Å². The highest BCUT2D eigenvalue weighted by molar-refractivity contribution is 7.89. The molecule has 0 amide bonds. The first-order chi connectivity index (χ1) is 8.77.